The molecule has 0 aliphatic heterocycles. The Balaban J connectivity index is 0.000000123. The highest BCUT2D eigenvalue weighted by Crippen LogP contribution is 2.65. The molecule has 3 heterocycles. The maximum atomic E-state index is 9.46. The van der Waals surface area contributed by atoms with Crippen LogP contribution in [0, 0.1) is 11.8 Å². The third-order valence-corrected chi connectivity index (χ3v) is 8.37. The van der Waals surface area contributed by atoms with Crippen LogP contribution in [0.1, 0.15) is 51.1 Å². The summed E-state index contributed by atoms with van der Waals surface area (Å²) in [5.41, 5.74) is 7.01. The molecule has 3 aliphatic rings. The smallest absolute Gasteiger partial charge is 0.115 e. The number of nitrogens with zero attached hydrogens (tertiary/aromatic N) is 2. The number of thiophene rings is 1. The lowest BCUT2D eigenvalue weighted by Gasteiger charge is -2.08. The lowest BCUT2D eigenvalue weighted by Crippen LogP contribution is -2.03. The van der Waals surface area contributed by atoms with Gasteiger partial charge in [-0.2, -0.15) is 0 Å². The lowest BCUT2D eigenvalue weighted by atomic mass is 9.97. The zero-order valence-corrected chi connectivity index (χ0v) is 18.8. The normalized spacial score (nSPS) is 24.6. The van der Waals surface area contributed by atoms with Gasteiger partial charge in [0.25, 0.3) is 0 Å². The molecule has 32 heavy (non-hydrogen) atoms. The van der Waals surface area contributed by atoms with E-state index in [-0.39, 0.29) is 0 Å². The van der Waals surface area contributed by atoms with Crippen LogP contribution >= 0.6 is 11.3 Å². The van der Waals surface area contributed by atoms with Gasteiger partial charge in [0.1, 0.15) is 5.75 Å². The van der Waals surface area contributed by atoms with Crippen LogP contribution in [0.3, 0.4) is 0 Å². The van der Waals surface area contributed by atoms with Gasteiger partial charge in [-0.1, -0.05) is 6.07 Å². The van der Waals surface area contributed by atoms with Crippen LogP contribution in [0.5, 0.6) is 5.75 Å². The van der Waals surface area contributed by atoms with Crippen LogP contribution in [0.2, 0.25) is 0 Å². The molecule has 5 heteroatoms. The highest BCUT2D eigenvalue weighted by molar-refractivity contribution is 7.10. The monoisotopic (exact) mass is 441 g/mol. The van der Waals surface area contributed by atoms with Crippen LogP contribution in [0.25, 0.3) is 0 Å². The molecule has 0 radical (unpaired) electrons. The van der Waals surface area contributed by atoms with Crippen molar-refractivity contribution in [1.29, 1.82) is 0 Å². The van der Waals surface area contributed by atoms with Crippen molar-refractivity contribution in [3.8, 4) is 5.75 Å². The number of phenolic OH excluding ortho intramolecular Hbond substituents is 1. The van der Waals surface area contributed by atoms with Crippen LogP contribution in [-0.2, 0) is 25.7 Å². The average molecular weight is 442 g/mol. The first-order valence-corrected chi connectivity index (χ1v) is 12.4. The number of phenols is 1. The Morgan fingerprint density at radius 1 is 1.00 bits per heavy atom. The second kappa shape index (κ2) is 8.21. The molecule has 162 valence electrons. The Morgan fingerprint density at radius 3 is 2.72 bits per heavy atom. The highest BCUT2D eigenvalue weighted by Gasteiger charge is 2.54. The molecule has 7 rings (SSSR count). The number of aromatic nitrogens is 3. The topological polar surface area (TPSA) is 61.8 Å². The van der Waals surface area contributed by atoms with Crippen LogP contribution in [0.4, 0.5) is 0 Å². The van der Waals surface area contributed by atoms with E-state index in [1.165, 1.54) is 35.2 Å². The van der Waals surface area contributed by atoms with E-state index in [4.69, 9.17) is 0 Å². The largest absolute Gasteiger partial charge is 0.508 e. The predicted octanol–water partition coefficient (Wildman–Crippen LogP) is 5.66. The van der Waals surface area contributed by atoms with Gasteiger partial charge in [0.05, 0.1) is 6.33 Å². The van der Waals surface area contributed by atoms with Crippen molar-refractivity contribution in [3.63, 3.8) is 0 Å². The lowest BCUT2D eigenvalue weighted by molar-refractivity contribution is 0.474. The van der Waals surface area contributed by atoms with E-state index >= 15 is 0 Å². The van der Waals surface area contributed by atoms with Crippen molar-refractivity contribution >= 4 is 11.3 Å². The van der Waals surface area contributed by atoms with Gasteiger partial charge in [0.2, 0.25) is 0 Å². The van der Waals surface area contributed by atoms with Gasteiger partial charge in [0, 0.05) is 35.1 Å². The number of pyridine rings is 1. The fourth-order valence-electron chi connectivity index (χ4n) is 5.87. The maximum absolute atomic E-state index is 9.46. The van der Waals surface area contributed by atoms with Gasteiger partial charge in [-0.3, -0.25) is 4.98 Å². The molecule has 0 spiro atoms. The van der Waals surface area contributed by atoms with E-state index in [9.17, 15) is 5.11 Å². The molecule has 1 fully saturated rings. The molecular formula is C27H27N3OS. The number of nitrogens with one attached hydrogen (secondary N) is 1. The standard InChI is InChI=1S/C15H15NO.C12H12N2S/c17-15-2-1-13-8-12(9-14(13)10-15)7-11-3-5-16-6-4-11;1-2-10-7(3-4-15-10)11-8(1)12(11)9-5-13-6-14-9/h1-6,10,12,17H,7-9H2;3-6,8,11-12H,1-2H2,(H,13,14). The summed E-state index contributed by atoms with van der Waals surface area (Å²) >= 11 is 1.93. The van der Waals surface area contributed by atoms with E-state index in [1.54, 1.807) is 22.8 Å². The Hall–Kier alpha value is -2.92. The van der Waals surface area contributed by atoms with Crippen molar-refractivity contribution in [1.82, 2.24) is 15.0 Å². The molecule has 0 saturated heterocycles. The van der Waals surface area contributed by atoms with Gasteiger partial charge in [-0.25, -0.2) is 4.98 Å². The van der Waals surface area contributed by atoms with Crippen LogP contribution in [-0.4, -0.2) is 20.1 Å². The summed E-state index contributed by atoms with van der Waals surface area (Å²) in [5, 5.41) is 11.7. The fourth-order valence-corrected chi connectivity index (χ4v) is 6.83. The van der Waals surface area contributed by atoms with Crippen LogP contribution in [0.15, 0.2) is 66.7 Å². The van der Waals surface area contributed by atoms with E-state index in [1.807, 2.05) is 36.0 Å². The SMILES string of the molecule is Oc1ccc2c(c1)CC(Cc1ccncc1)C2.c1ncc(C2C3CCc4sccc4C32)[nH]1. The summed E-state index contributed by atoms with van der Waals surface area (Å²) in [6.45, 7) is 0. The molecule has 4 unspecified atom stereocenters. The minimum absolute atomic E-state index is 0.383. The van der Waals surface area contributed by atoms with Crippen molar-refractivity contribution in [3.05, 3.63) is 99.5 Å². The van der Waals surface area contributed by atoms with Crippen LogP contribution < -0.4 is 0 Å². The number of hydrogen-bond donors (Lipinski definition) is 2. The van der Waals surface area contributed by atoms with Crippen molar-refractivity contribution in [2.45, 2.75) is 43.9 Å². The number of H-pyrrole nitrogens is 1. The number of aromatic hydroxyl groups is 1. The Labute approximate surface area is 192 Å². The summed E-state index contributed by atoms with van der Waals surface area (Å²) in [4.78, 5) is 13.1. The van der Waals surface area contributed by atoms with Gasteiger partial charge < -0.3 is 10.1 Å². The Morgan fingerprint density at radius 2 is 1.88 bits per heavy atom. The van der Waals surface area contributed by atoms with E-state index < -0.39 is 0 Å². The fraction of sp³-hybridized carbons (Fsp3) is 0.333. The second-order valence-corrected chi connectivity index (χ2v) is 10.3. The van der Waals surface area contributed by atoms with E-state index in [0.717, 1.165) is 37.0 Å². The maximum Gasteiger partial charge on any atom is 0.115 e. The van der Waals surface area contributed by atoms with Gasteiger partial charge in [-0.15, -0.1) is 11.3 Å². The number of rotatable bonds is 3. The van der Waals surface area contributed by atoms with Gasteiger partial charge in [0.15, 0.2) is 0 Å². The number of hydrogen-bond acceptors (Lipinski definition) is 4. The number of benzene rings is 1. The third kappa shape index (κ3) is 3.75. The van der Waals surface area contributed by atoms with Crippen molar-refractivity contribution in [2.75, 3.05) is 0 Å². The van der Waals surface area contributed by atoms with Gasteiger partial charge >= 0.3 is 0 Å². The molecule has 2 N–H and O–H groups in total. The first kappa shape index (κ1) is 19.7. The number of fused-ring (bicyclic) bond motifs is 4. The zero-order chi connectivity index (χ0) is 21.5. The van der Waals surface area contributed by atoms with E-state index in [2.05, 4.69) is 44.6 Å². The molecule has 4 aromatic rings. The molecule has 4 atom stereocenters. The molecule has 4 nitrogen and oxygen atoms in total. The first-order chi connectivity index (χ1) is 15.8. The van der Waals surface area contributed by atoms with Crippen molar-refractivity contribution in [2.24, 2.45) is 11.8 Å². The Kier molecular flexibility index (Phi) is 5.07. The summed E-state index contributed by atoms with van der Waals surface area (Å²) in [6, 6.07) is 12.2. The Bertz CT molecular complexity index is 1200. The van der Waals surface area contributed by atoms with Gasteiger partial charge in [-0.05, 0) is 108 Å². The number of imidazole rings is 1. The highest BCUT2D eigenvalue weighted by atomic mass is 32.1. The second-order valence-electron chi connectivity index (χ2n) is 9.35. The molecular weight excluding hydrogens is 414 g/mol. The predicted molar refractivity (Wildman–Crippen MR) is 127 cm³/mol. The molecule has 1 aromatic carbocycles. The third-order valence-electron chi connectivity index (χ3n) is 7.37. The first-order valence-electron chi connectivity index (χ1n) is 11.5. The minimum Gasteiger partial charge on any atom is -0.508 e. The summed E-state index contributed by atoms with van der Waals surface area (Å²) in [5.74, 6) is 3.44. The number of aryl methyl sites for hydroxylation is 1. The number of aromatic amines is 1. The van der Waals surface area contributed by atoms with E-state index in [0.29, 0.717) is 11.7 Å². The molecule has 0 amide bonds. The summed E-state index contributed by atoms with van der Waals surface area (Å²) in [7, 11) is 0. The van der Waals surface area contributed by atoms with Crippen molar-refractivity contribution < 1.29 is 5.11 Å². The molecule has 1 saturated carbocycles. The molecule has 0 bridgehead atoms. The molecule has 3 aliphatic carbocycles. The minimum atomic E-state index is 0.383. The zero-order valence-electron chi connectivity index (χ0n) is 17.9. The molecule has 3 aromatic heterocycles. The average Bonchev–Trinajstić information content (AvgIpc) is 3.26. The summed E-state index contributed by atoms with van der Waals surface area (Å²) < 4.78 is 0. The quantitative estimate of drug-likeness (QED) is 0.431. The summed E-state index contributed by atoms with van der Waals surface area (Å²) in [6.07, 6.45) is 13.4.